The fraction of sp³-hybridized carbons (Fsp3) is 0.300. The van der Waals surface area contributed by atoms with Gasteiger partial charge in [0.25, 0.3) is 0 Å². The van der Waals surface area contributed by atoms with Crippen LogP contribution in [-0.2, 0) is 29.5 Å². The summed E-state index contributed by atoms with van der Waals surface area (Å²) >= 11 is 6.13. The number of imidazole rings is 1. The fourth-order valence-corrected chi connectivity index (χ4v) is 5.02. The Labute approximate surface area is 175 Å². The van der Waals surface area contributed by atoms with Gasteiger partial charge in [-0.25, -0.2) is 18.4 Å². The third-order valence-corrected chi connectivity index (χ3v) is 6.58. The van der Waals surface area contributed by atoms with Crippen molar-refractivity contribution in [1.29, 1.82) is 0 Å². The number of rotatable bonds is 5. The lowest BCUT2D eigenvalue weighted by Gasteiger charge is -2.31. The first-order chi connectivity index (χ1) is 13.9. The molecule has 1 aliphatic rings. The molecule has 1 aromatic carbocycles. The maximum atomic E-state index is 12.7. The van der Waals surface area contributed by atoms with Crippen LogP contribution in [0.25, 0.3) is 0 Å². The quantitative estimate of drug-likeness (QED) is 0.628. The minimum absolute atomic E-state index is 0.235. The molecule has 3 aromatic rings. The van der Waals surface area contributed by atoms with E-state index in [1.165, 1.54) is 6.26 Å². The van der Waals surface area contributed by atoms with Crippen molar-refractivity contribution in [3.63, 3.8) is 0 Å². The maximum Gasteiger partial charge on any atom is 0.211 e. The van der Waals surface area contributed by atoms with Crippen LogP contribution in [-0.4, -0.2) is 46.5 Å². The number of halogens is 1. The van der Waals surface area contributed by atoms with Gasteiger partial charge < -0.3 is 9.88 Å². The van der Waals surface area contributed by atoms with Crippen molar-refractivity contribution in [2.75, 3.05) is 17.7 Å². The van der Waals surface area contributed by atoms with Crippen molar-refractivity contribution < 1.29 is 8.42 Å². The molecule has 0 saturated heterocycles. The van der Waals surface area contributed by atoms with Gasteiger partial charge in [0, 0.05) is 25.3 Å². The third kappa shape index (κ3) is 4.60. The number of hydrogen-bond donors (Lipinski definition) is 1. The van der Waals surface area contributed by atoms with Gasteiger partial charge in [-0.2, -0.15) is 4.31 Å². The van der Waals surface area contributed by atoms with E-state index < -0.39 is 10.0 Å². The van der Waals surface area contributed by atoms with Crippen LogP contribution < -0.4 is 4.90 Å². The van der Waals surface area contributed by atoms with Crippen LogP contribution in [0.5, 0.6) is 0 Å². The van der Waals surface area contributed by atoms with Gasteiger partial charge in [0.1, 0.15) is 5.15 Å². The van der Waals surface area contributed by atoms with Gasteiger partial charge in [0.05, 0.1) is 36.7 Å². The number of anilines is 1. The Morgan fingerprint density at radius 2 is 2.03 bits per heavy atom. The molecule has 29 heavy (non-hydrogen) atoms. The normalized spacial score (nSPS) is 17.7. The van der Waals surface area contributed by atoms with Gasteiger partial charge in [0.2, 0.25) is 10.0 Å². The molecule has 1 atom stereocenters. The zero-order chi connectivity index (χ0) is 20.4. The molecule has 1 aliphatic heterocycles. The van der Waals surface area contributed by atoms with Gasteiger partial charge in [-0.3, -0.25) is 0 Å². The Balaban J connectivity index is 1.75. The smallest absolute Gasteiger partial charge is 0.211 e. The Kier molecular flexibility index (Phi) is 5.58. The summed E-state index contributed by atoms with van der Waals surface area (Å²) in [6.45, 7) is 1.35. The minimum atomic E-state index is -3.44. The van der Waals surface area contributed by atoms with E-state index in [0.717, 1.165) is 22.5 Å². The van der Waals surface area contributed by atoms with E-state index in [1.807, 2.05) is 30.3 Å². The van der Waals surface area contributed by atoms with Gasteiger partial charge in [0.15, 0.2) is 0 Å². The lowest BCUT2D eigenvalue weighted by atomic mass is 10.1. The Hall–Kier alpha value is -2.42. The van der Waals surface area contributed by atoms with Crippen molar-refractivity contribution >= 4 is 27.3 Å². The molecule has 0 saturated carbocycles. The Bertz CT molecular complexity index is 1070. The molecule has 152 valence electrons. The first kappa shape index (κ1) is 19.9. The van der Waals surface area contributed by atoms with E-state index in [1.54, 1.807) is 29.1 Å². The van der Waals surface area contributed by atoms with Crippen molar-refractivity contribution in [3.05, 3.63) is 77.1 Å². The number of nitrogens with zero attached hydrogens (tertiary/aromatic N) is 4. The highest BCUT2D eigenvalue weighted by Gasteiger charge is 2.33. The van der Waals surface area contributed by atoms with E-state index in [-0.39, 0.29) is 12.6 Å². The minimum Gasteiger partial charge on any atom is -0.363 e. The third-order valence-electron chi connectivity index (χ3n) is 5.09. The van der Waals surface area contributed by atoms with Crippen LogP contribution in [0.1, 0.15) is 16.8 Å². The van der Waals surface area contributed by atoms with Crippen molar-refractivity contribution in [1.82, 2.24) is 19.3 Å². The predicted molar refractivity (Wildman–Crippen MR) is 113 cm³/mol. The number of hydrogen-bond acceptors (Lipinski definition) is 5. The van der Waals surface area contributed by atoms with Crippen LogP contribution in [0, 0.1) is 0 Å². The zero-order valence-corrected chi connectivity index (χ0v) is 17.6. The molecule has 7 nitrogen and oxygen atoms in total. The highest BCUT2D eigenvalue weighted by atomic mass is 35.5. The Morgan fingerprint density at radius 1 is 1.24 bits per heavy atom. The van der Waals surface area contributed by atoms with Gasteiger partial charge in [-0.1, -0.05) is 41.9 Å². The average Bonchev–Trinajstić information content (AvgIpc) is 3.13. The molecule has 0 bridgehead atoms. The lowest BCUT2D eigenvalue weighted by molar-refractivity contribution is 0.320. The molecule has 2 aromatic heterocycles. The number of fused-ring (bicyclic) bond motifs is 1. The van der Waals surface area contributed by atoms with Crippen LogP contribution in [0.15, 0.2) is 55.1 Å². The fourth-order valence-electron chi connectivity index (χ4n) is 3.78. The van der Waals surface area contributed by atoms with Crippen molar-refractivity contribution in [2.45, 2.75) is 25.6 Å². The number of aromatic amines is 1. The highest BCUT2D eigenvalue weighted by Crippen LogP contribution is 2.31. The monoisotopic (exact) mass is 431 g/mol. The second kappa shape index (κ2) is 8.14. The molecule has 1 N–H and O–H groups in total. The Morgan fingerprint density at radius 3 is 2.72 bits per heavy atom. The number of sulfonamides is 1. The first-order valence-electron chi connectivity index (χ1n) is 9.27. The van der Waals surface area contributed by atoms with Crippen molar-refractivity contribution in [2.24, 2.45) is 0 Å². The molecular weight excluding hydrogens is 410 g/mol. The van der Waals surface area contributed by atoms with E-state index in [0.29, 0.717) is 24.7 Å². The maximum absolute atomic E-state index is 12.7. The highest BCUT2D eigenvalue weighted by molar-refractivity contribution is 7.88. The summed E-state index contributed by atoms with van der Waals surface area (Å²) in [5, 5.41) is 0.347. The van der Waals surface area contributed by atoms with E-state index >= 15 is 0 Å². The van der Waals surface area contributed by atoms with E-state index in [9.17, 15) is 8.42 Å². The second-order valence-corrected chi connectivity index (χ2v) is 9.57. The van der Waals surface area contributed by atoms with Gasteiger partial charge >= 0.3 is 0 Å². The second-order valence-electron chi connectivity index (χ2n) is 7.24. The summed E-state index contributed by atoms with van der Waals surface area (Å²) in [7, 11) is -3.44. The summed E-state index contributed by atoms with van der Waals surface area (Å²) < 4.78 is 27.0. The van der Waals surface area contributed by atoms with Gasteiger partial charge in [-0.15, -0.1) is 0 Å². The summed E-state index contributed by atoms with van der Waals surface area (Å²) in [6.07, 6.45) is 7.01. The van der Waals surface area contributed by atoms with Crippen LogP contribution >= 0.6 is 11.6 Å². The molecule has 0 fully saturated rings. The number of pyridine rings is 1. The molecular formula is C20H22ClN5O2S. The molecule has 4 rings (SSSR count). The average molecular weight is 432 g/mol. The topological polar surface area (TPSA) is 82.2 Å². The largest absolute Gasteiger partial charge is 0.363 e. The molecule has 3 heterocycles. The summed E-state index contributed by atoms with van der Waals surface area (Å²) in [5.41, 5.74) is 3.76. The number of nitrogens with one attached hydrogen (secondary N) is 1. The molecule has 0 unspecified atom stereocenters. The van der Waals surface area contributed by atoms with Crippen LogP contribution in [0.2, 0.25) is 5.15 Å². The molecule has 0 amide bonds. The molecule has 0 aliphatic carbocycles. The number of benzene rings is 1. The molecule has 9 heteroatoms. The number of aromatic nitrogens is 3. The SMILES string of the molecule is CS(=O)(=O)N1Cc2cc(Cl)ncc2N(Cc2cnc[nH]2)C[C@H]1Cc1ccccc1. The standard InChI is InChI=1S/C20H22ClN5O2S/c1-29(27,28)26-11-16-8-20(21)23-10-19(16)25(12-17-9-22-14-24-17)13-18(26)7-15-5-3-2-4-6-15/h2-6,8-10,14,18H,7,11-13H2,1H3,(H,22,24)/t18-/m1/s1. The van der Waals surface area contributed by atoms with Crippen LogP contribution in [0.4, 0.5) is 5.69 Å². The summed E-state index contributed by atoms with van der Waals surface area (Å²) in [5.74, 6) is 0. The van der Waals surface area contributed by atoms with Gasteiger partial charge in [-0.05, 0) is 23.6 Å². The predicted octanol–water partition coefficient (Wildman–Crippen LogP) is 2.85. The van der Waals surface area contributed by atoms with Crippen molar-refractivity contribution in [3.8, 4) is 0 Å². The zero-order valence-electron chi connectivity index (χ0n) is 16.0. The molecule has 0 spiro atoms. The van der Waals surface area contributed by atoms with E-state index in [4.69, 9.17) is 11.6 Å². The van der Waals surface area contributed by atoms with E-state index in [2.05, 4.69) is 19.9 Å². The lowest BCUT2D eigenvalue weighted by Crippen LogP contribution is -2.45. The molecule has 0 radical (unpaired) electrons. The van der Waals surface area contributed by atoms with Crippen LogP contribution in [0.3, 0.4) is 0 Å². The number of H-pyrrole nitrogens is 1. The summed E-state index contributed by atoms with van der Waals surface area (Å²) in [6, 6.07) is 11.5. The first-order valence-corrected chi connectivity index (χ1v) is 11.5. The summed E-state index contributed by atoms with van der Waals surface area (Å²) in [4.78, 5) is 13.6.